The average Bonchev–Trinajstić information content (AvgIpc) is 2.51. The maximum absolute atomic E-state index is 12.4. The lowest BCUT2D eigenvalue weighted by Crippen LogP contribution is -2.29. The number of hydrogen-bond acceptors (Lipinski definition) is 4. The van der Waals surface area contributed by atoms with Gasteiger partial charge in [0.1, 0.15) is 0 Å². The van der Waals surface area contributed by atoms with Crippen molar-refractivity contribution in [3.8, 4) is 6.07 Å². The first kappa shape index (κ1) is 16.7. The van der Waals surface area contributed by atoms with E-state index in [0.29, 0.717) is 10.7 Å². The van der Waals surface area contributed by atoms with Gasteiger partial charge >= 0.3 is 0 Å². The molecule has 1 amide bonds. The van der Waals surface area contributed by atoms with Gasteiger partial charge in [0.2, 0.25) is 5.91 Å². The normalized spacial score (nSPS) is 11.4. The van der Waals surface area contributed by atoms with Crippen LogP contribution in [0.2, 0.25) is 5.02 Å². The molecule has 0 aliphatic heterocycles. The van der Waals surface area contributed by atoms with Gasteiger partial charge < -0.3 is 5.32 Å². The first-order valence-electron chi connectivity index (χ1n) is 6.85. The Balaban J connectivity index is 2.24. The van der Waals surface area contributed by atoms with Crippen molar-refractivity contribution in [2.24, 2.45) is 5.92 Å². The first-order valence-corrected chi connectivity index (χ1v) is 7.22. The lowest BCUT2D eigenvalue weighted by atomic mass is 9.98. The summed E-state index contributed by atoms with van der Waals surface area (Å²) in [6.45, 7) is 3.57. The number of halogens is 1. The topological polar surface area (TPSA) is 82.8 Å². The van der Waals surface area contributed by atoms with Crippen LogP contribution < -0.4 is 5.32 Å². The van der Waals surface area contributed by atoms with Crippen LogP contribution in [0, 0.1) is 31.1 Å². The highest BCUT2D eigenvalue weighted by molar-refractivity contribution is 6.31. The molecule has 0 aliphatic carbocycles. The van der Waals surface area contributed by atoms with E-state index < -0.39 is 17.6 Å². The fraction of sp³-hybridized carbons (Fsp3) is 0.176. The summed E-state index contributed by atoms with van der Waals surface area (Å²) in [7, 11) is 0. The van der Waals surface area contributed by atoms with Crippen molar-refractivity contribution in [2.75, 3.05) is 5.32 Å². The van der Waals surface area contributed by atoms with Crippen LogP contribution in [0.5, 0.6) is 0 Å². The zero-order valence-corrected chi connectivity index (χ0v) is 13.4. The molecular weight excluding hydrogens is 314 g/mol. The van der Waals surface area contributed by atoms with E-state index in [-0.39, 0.29) is 5.56 Å². The predicted molar refractivity (Wildman–Crippen MR) is 87.2 cm³/mol. The van der Waals surface area contributed by atoms with E-state index in [2.05, 4.69) is 10.3 Å². The number of aromatic nitrogens is 1. The summed E-state index contributed by atoms with van der Waals surface area (Å²) in [5.74, 6) is -2.72. The molecule has 116 valence electrons. The van der Waals surface area contributed by atoms with E-state index in [4.69, 9.17) is 11.6 Å². The molecule has 0 saturated heterocycles. The standard InChI is InChI=1S/C17H14ClN3O2/c1-10-5-12(9-20-8-10)16(22)14(7-19)17(23)21-15-6-13(18)4-3-11(15)2/h3-6,8-9,14H,1-2H3,(H,21,23)/t14-/m1/s1. The molecule has 0 unspecified atom stereocenters. The second-order valence-corrected chi connectivity index (χ2v) is 5.56. The molecular formula is C17H14ClN3O2. The smallest absolute Gasteiger partial charge is 0.249 e. The molecule has 1 heterocycles. The highest BCUT2D eigenvalue weighted by Gasteiger charge is 2.28. The van der Waals surface area contributed by atoms with Crippen molar-refractivity contribution in [1.29, 1.82) is 5.26 Å². The van der Waals surface area contributed by atoms with Gasteiger partial charge in [-0.3, -0.25) is 14.6 Å². The van der Waals surface area contributed by atoms with E-state index in [1.165, 1.54) is 6.20 Å². The number of carbonyl (C=O) groups is 2. The highest BCUT2D eigenvalue weighted by Crippen LogP contribution is 2.21. The number of aryl methyl sites for hydroxylation is 2. The van der Waals surface area contributed by atoms with Crippen molar-refractivity contribution in [1.82, 2.24) is 4.98 Å². The summed E-state index contributed by atoms with van der Waals surface area (Å²) in [5.41, 5.74) is 2.26. The van der Waals surface area contributed by atoms with Gasteiger partial charge in [-0.15, -0.1) is 0 Å². The molecule has 1 atom stereocenters. The van der Waals surface area contributed by atoms with Crippen LogP contribution in [-0.2, 0) is 4.79 Å². The van der Waals surface area contributed by atoms with Crippen LogP contribution in [0.15, 0.2) is 36.7 Å². The van der Waals surface area contributed by atoms with Gasteiger partial charge in [0.05, 0.1) is 6.07 Å². The molecule has 0 fully saturated rings. The second kappa shape index (κ2) is 7.03. The van der Waals surface area contributed by atoms with Gasteiger partial charge in [0.25, 0.3) is 0 Å². The maximum Gasteiger partial charge on any atom is 0.249 e. The number of pyridine rings is 1. The second-order valence-electron chi connectivity index (χ2n) is 5.13. The quantitative estimate of drug-likeness (QED) is 0.689. The molecule has 6 heteroatoms. The number of nitrogens with one attached hydrogen (secondary N) is 1. The van der Waals surface area contributed by atoms with E-state index in [1.807, 2.05) is 0 Å². The molecule has 2 rings (SSSR count). The molecule has 0 bridgehead atoms. The minimum absolute atomic E-state index is 0.231. The van der Waals surface area contributed by atoms with Crippen LogP contribution in [0.1, 0.15) is 21.5 Å². The Morgan fingerprint density at radius 1 is 1.26 bits per heavy atom. The first-order chi connectivity index (χ1) is 10.9. The number of anilines is 1. The van der Waals surface area contributed by atoms with Crippen molar-refractivity contribution >= 4 is 29.0 Å². The van der Waals surface area contributed by atoms with Crippen molar-refractivity contribution in [3.05, 3.63) is 58.4 Å². The van der Waals surface area contributed by atoms with E-state index >= 15 is 0 Å². The molecule has 1 N–H and O–H groups in total. The van der Waals surface area contributed by atoms with Crippen LogP contribution >= 0.6 is 11.6 Å². The van der Waals surface area contributed by atoms with Gasteiger partial charge in [-0.2, -0.15) is 5.26 Å². The van der Waals surface area contributed by atoms with Crippen LogP contribution in [0.25, 0.3) is 0 Å². The summed E-state index contributed by atoms with van der Waals surface area (Å²) in [4.78, 5) is 28.6. The van der Waals surface area contributed by atoms with Crippen LogP contribution in [0.4, 0.5) is 5.69 Å². The number of benzene rings is 1. The third-order valence-electron chi connectivity index (χ3n) is 3.27. The van der Waals surface area contributed by atoms with Gasteiger partial charge in [-0.25, -0.2) is 0 Å². The Labute approximate surface area is 138 Å². The Kier molecular flexibility index (Phi) is 5.09. The Morgan fingerprint density at radius 3 is 2.65 bits per heavy atom. The molecule has 1 aromatic heterocycles. The zero-order chi connectivity index (χ0) is 17.0. The number of amides is 1. The Hall–Kier alpha value is -2.71. The van der Waals surface area contributed by atoms with Crippen LogP contribution in [0.3, 0.4) is 0 Å². The number of rotatable bonds is 4. The maximum atomic E-state index is 12.4. The number of hydrogen-bond donors (Lipinski definition) is 1. The molecule has 23 heavy (non-hydrogen) atoms. The monoisotopic (exact) mass is 327 g/mol. The summed E-state index contributed by atoms with van der Waals surface area (Å²) in [5, 5.41) is 12.3. The lowest BCUT2D eigenvalue weighted by Gasteiger charge is -2.12. The molecule has 5 nitrogen and oxygen atoms in total. The molecule has 0 spiro atoms. The summed E-state index contributed by atoms with van der Waals surface area (Å²) >= 11 is 5.90. The fourth-order valence-electron chi connectivity index (χ4n) is 2.03. The zero-order valence-electron chi connectivity index (χ0n) is 12.6. The largest absolute Gasteiger partial charge is 0.324 e. The van der Waals surface area contributed by atoms with Crippen molar-refractivity contribution in [2.45, 2.75) is 13.8 Å². The fourth-order valence-corrected chi connectivity index (χ4v) is 2.20. The van der Waals surface area contributed by atoms with Gasteiger partial charge in [0, 0.05) is 28.7 Å². The third-order valence-corrected chi connectivity index (χ3v) is 3.51. The van der Waals surface area contributed by atoms with E-state index in [9.17, 15) is 14.9 Å². The van der Waals surface area contributed by atoms with Gasteiger partial charge in [0.15, 0.2) is 11.7 Å². The number of ketones is 1. The summed E-state index contributed by atoms with van der Waals surface area (Å²) < 4.78 is 0. The minimum atomic E-state index is -1.45. The molecule has 0 aliphatic rings. The summed E-state index contributed by atoms with van der Waals surface area (Å²) in [6.07, 6.45) is 2.94. The summed E-state index contributed by atoms with van der Waals surface area (Å²) in [6, 6.07) is 8.35. The Morgan fingerprint density at radius 2 is 2.00 bits per heavy atom. The molecule has 0 saturated carbocycles. The SMILES string of the molecule is Cc1cncc(C(=O)[C@@H](C#N)C(=O)Nc2cc(Cl)ccc2C)c1. The molecule has 0 radical (unpaired) electrons. The number of nitrogens with zero attached hydrogens (tertiary/aromatic N) is 2. The van der Waals surface area contributed by atoms with Gasteiger partial charge in [-0.1, -0.05) is 17.7 Å². The van der Waals surface area contributed by atoms with E-state index in [1.54, 1.807) is 50.4 Å². The van der Waals surface area contributed by atoms with Crippen molar-refractivity contribution in [3.63, 3.8) is 0 Å². The van der Waals surface area contributed by atoms with E-state index in [0.717, 1.165) is 11.1 Å². The van der Waals surface area contributed by atoms with Crippen molar-refractivity contribution < 1.29 is 9.59 Å². The Bertz CT molecular complexity index is 812. The van der Waals surface area contributed by atoms with Gasteiger partial charge in [-0.05, 0) is 43.2 Å². The number of nitriles is 1. The minimum Gasteiger partial charge on any atom is -0.324 e. The number of carbonyl (C=O) groups excluding carboxylic acids is 2. The third kappa shape index (κ3) is 3.93. The van der Waals surface area contributed by atoms with Crippen LogP contribution in [-0.4, -0.2) is 16.7 Å². The average molecular weight is 328 g/mol. The predicted octanol–water partition coefficient (Wildman–Crippen LogP) is 3.31. The lowest BCUT2D eigenvalue weighted by molar-refractivity contribution is -0.117. The molecule has 1 aromatic carbocycles. The highest BCUT2D eigenvalue weighted by atomic mass is 35.5. The molecule has 2 aromatic rings. The number of Topliss-reactive ketones (excluding diaryl/α,β-unsaturated/α-hetero) is 1.